The maximum atomic E-state index is 13.2. The standard InChI is InChI=1S/C24H29N3O4S/c1-16-7-8-17(2)20(13-16)25-22(28)15-27-21-10-9-18(14-19(21)24(3,4)23(27)29)32(30,31)26-11-5-6-12-26/h7-10,13-14H,5-6,11-12,15H2,1-4H3,(H,25,28). The topological polar surface area (TPSA) is 86.8 Å². The van der Waals surface area contributed by atoms with Crippen molar-refractivity contribution >= 4 is 33.2 Å². The summed E-state index contributed by atoms with van der Waals surface area (Å²) in [6.45, 7) is 8.30. The Hall–Kier alpha value is -2.71. The lowest BCUT2D eigenvalue weighted by molar-refractivity contribution is -0.124. The molecule has 1 saturated heterocycles. The van der Waals surface area contributed by atoms with Crippen molar-refractivity contribution in [2.75, 3.05) is 29.9 Å². The number of benzene rings is 2. The van der Waals surface area contributed by atoms with E-state index in [0.717, 1.165) is 24.0 Å². The van der Waals surface area contributed by atoms with Gasteiger partial charge in [-0.1, -0.05) is 12.1 Å². The Morgan fingerprint density at radius 3 is 2.44 bits per heavy atom. The van der Waals surface area contributed by atoms with Gasteiger partial charge in [-0.2, -0.15) is 4.31 Å². The molecule has 170 valence electrons. The van der Waals surface area contributed by atoms with E-state index in [4.69, 9.17) is 0 Å². The first-order valence-electron chi connectivity index (χ1n) is 10.9. The van der Waals surface area contributed by atoms with Crippen molar-refractivity contribution in [1.29, 1.82) is 0 Å². The zero-order valence-corrected chi connectivity index (χ0v) is 19.8. The van der Waals surface area contributed by atoms with Crippen molar-refractivity contribution in [2.24, 2.45) is 0 Å². The van der Waals surface area contributed by atoms with Crippen molar-refractivity contribution in [3.05, 3.63) is 53.1 Å². The Kier molecular flexibility index (Phi) is 5.63. The molecule has 2 amide bonds. The predicted molar refractivity (Wildman–Crippen MR) is 124 cm³/mol. The van der Waals surface area contributed by atoms with E-state index in [9.17, 15) is 18.0 Å². The lowest BCUT2D eigenvalue weighted by atomic mass is 9.86. The Morgan fingerprint density at radius 2 is 1.75 bits per heavy atom. The number of amides is 2. The highest BCUT2D eigenvalue weighted by atomic mass is 32.2. The molecule has 1 N–H and O–H groups in total. The number of nitrogens with zero attached hydrogens (tertiary/aromatic N) is 2. The van der Waals surface area contributed by atoms with Gasteiger partial charge in [0.05, 0.1) is 10.3 Å². The van der Waals surface area contributed by atoms with E-state index in [0.29, 0.717) is 30.0 Å². The number of hydrogen-bond donors (Lipinski definition) is 1. The first-order valence-corrected chi connectivity index (χ1v) is 12.3. The van der Waals surface area contributed by atoms with Gasteiger partial charge in [0.1, 0.15) is 6.54 Å². The van der Waals surface area contributed by atoms with Crippen LogP contribution in [0.25, 0.3) is 0 Å². The van der Waals surface area contributed by atoms with Crippen molar-refractivity contribution in [3.8, 4) is 0 Å². The second-order valence-corrected chi connectivity index (χ2v) is 11.1. The highest BCUT2D eigenvalue weighted by Gasteiger charge is 2.45. The summed E-state index contributed by atoms with van der Waals surface area (Å²) < 4.78 is 27.5. The molecule has 0 bridgehead atoms. The van der Waals surface area contributed by atoms with Crippen molar-refractivity contribution in [3.63, 3.8) is 0 Å². The van der Waals surface area contributed by atoms with Gasteiger partial charge in [0.25, 0.3) is 0 Å². The minimum Gasteiger partial charge on any atom is -0.324 e. The molecule has 2 aromatic rings. The van der Waals surface area contributed by atoms with Gasteiger partial charge >= 0.3 is 0 Å². The molecule has 2 heterocycles. The SMILES string of the molecule is Cc1ccc(C)c(NC(=O)CN2C(=O)C(C)(C)c3cc(S(=O)(=O)N4CCCC4)ccc32)c1. The number of nitrogens with one attached hydrogen (secondary N) is 1. The van der Waals surface area contributed by atoms with Gasteiger partial charge in [-0.15, -0.1) is 0 Å². The summed E-state index contributed by atoms with van der Waals surface area (Å²) >= 11 is 0. The Bertz CT molecular complexity index is 1200. The summed E-state index contributed by atoms with van der Waals surface area (Å²) in [6.07, 6.45) is 1.72. The minimum absolute atomic E-state index is 0.138. The van der Waals surface area contributed by atoms with Gasteiger partial charge in [0.15, 0.2) is 0 Å². The molecular weight excluding hydrogens is 426 g/mol. The van der Waals surface area contributed by atoms with Crippen LogP contribution in [0.5, 0.6) is 0 Å². The number of rotatable bonds is 5. The summed E-state index contributed by atoms with van der Waals surface area (Å²) in [6, 6.07) is 10.6. The van der Waals surface area contributed by atoms with Gasteiger partial charge in [-0.3, -0.25) is 9.59 Å². The first-order chi connectivity index (χ1) is 15.0. The Labute approximate surface area is 189 Å². The summed E-state index contributed by atoms with van der Waals surface area (Å²) in [4.78, 5) is 27.6. The lowest BCUT2D eigenvalue weighted by Gasteiger charge is -2.20. The van der Waals surface area contributed by atoms with Crippen LogP contribution in [0.3, 0.4) is 0 Å². The van der Waals surface area contributed by atoms with Crippen LogP contribution < -0.4 is 10.2 Å². The third-order valence-corrected chi connectivity index (χ3v) is 8.28. The molecule has 0 aliphatic carbocycles. The molecule has 0 saturated carbocycles. The number of carbonyl (C=O) groups excluding carboxylic acids is 2. The number of sulfonamides is 1. The molecule has 8 heteroatoms. The van der Waals surface area contributed by atoms with Crippen LogP contribution >= 0.6 is 0 Å². The van der Waals surface area contributed by atoms with E-state index < -0.39 is 15.4 Å². The molecule has 0 spiro atoms. The van der Waals surface area contributed by atoms with Gasteiger partial charge < -0.3 is 10.2 Å². The summed E-state index contributed by atoms with van der Waals surface area (Å²) in [7, 11) is -3.59. The van der Waals surface area contributed by atoms with Gasteiger partial charge in [-0.05, 0) is 81.5 Å². The highest BCUT2D eigenvalue weighted by Crippen LogP contribution is 2.43. The minimum atomic E-state index is -3.59. The smallest absolute Gasteiger partial charge is 0.244 e. The molecule has 0 radical (unpaired) electrons. The zero-order valence-electron chi connectivity index (χ0n) is 18.9. The van der Waals surface area contributed by atoms with Crippen LogP contribution in [-0.2, 0) is 25.0 Å². The molecule has 2 aliphatic rings. The van der Waals surface area contributed by atoms with Crippen LogP contribution in [0.2, 0.25) is 0 Å². The van der Waals surface area contributed by atoms with Crippen LogP contribution in [0.1, 0.15) is 43.4 Å². The van der Waals surface area contributed by atoms with Gasteiger partial charge in [0.2, 0.25) is 21.8 Å². The molecule has 0 aromatic heterocycles. The third kappa shape index (κ3) is 3.82. The van der Waals surface area contributed by atoms with Crippen LogP contribution in [0.15, 0.2) is 41.3 Å². The molecule has 2 aliphatic heterocycles. The fourth-order valence-electron chi connectivity index (χ4n) is 4.41. The second kappa shape index (κ2) is 8.01. The lowest BCUT2D eigenvalue weighted by Crippen LogP contribution is -2.40. The predicted octanol–water partition coefficient (Wildman–Crippen LogP) is 3.35. The van der Waals surface area contributed by atoms with Crippen molar-refractivity contribution in [2.45, 2.75) is 50.8 Å². The summed E-state index contributed by atoms with van der Waals surface area (Å²) in [5.41, 5.74) is 2.97. The van der Waals surface area contributed by atoms with E-state index in [1.807, 2.05) is 32.0 Å². The quantitative estimate of drug-likeness (QED) is 0.749. The van der Waals surface area contributed by atoms with E-state index in [1.165, 1.54) is 15.3 Å². The first kappa shape index (κ1) is 22.5. The normalized spacial score (nSPS) is 18.1. The van der Waals surface area contributed by atoms with Gasteiger partial charge in [-0.25, -0.2) is 8.42 Å². The van der Waals surface area contributed by atoms with Crippen LogP contribution in [-0.4, -0.2) is 44.2 Å². The van der Waals surface area contributed by atoms with Crippen molar-refractivity contribution in [1.82, 2.24) is 4.31 Å². The summed E-state index contributed by atoms with van der Waals surface area (Å²) in [5, 5.41) is 2.89. The largest absolute Gasteiger partial charge is 0.324 e. The number of fused-ring (bicyclic) bond motifs is 1. The molecular formula is C24H29N3O4S. The molecule has 0 unspecified atom stereocenters. The van der Waals surface area contributed by atoms with Crippen LogP contribution in [0, 0.1) is 13.8 Å². The highest BCUT2D eigenvalue weighted by molar-refractivity contribution is 7.89. The fourth-order valence-corrected chi connectivity index (χ4v) is 5.96. The fraction of sp³-hybridized carbons (Fsp3) is 0.417. The molecule has 2 aromatic carbocycles. The average molecular weight is 456 g/mol. The van der Waals surface area contributed by atoms with E-state index >= 15 is 0 Å². The number of carbonyl (C=O) groups is 2. The second-order valence-electron chi connectivity index (χ2n) is 9.17. The Morgan fingerprint density at radius 1 is 1.06 bits per heavy atom. The van der Waals surface area contributed by atoms with Crippen molar-refractivity contribution < 1.29 is 18.0 Å². The zero-order chi connectivity index (χ0) is 23.3. The van der Waals surface area contributed by atoms with Gasteiger partial charge in [0, 0.05) is 24.5 Å². The third-order valence-electron chi connectivity index (χ3n) is 6.38. The van der Waals surface area contributed by atoms with E-state index in [-0.39, 0.29) is 23.3 Å². The molecule has 32 heavy (non-hydrogen) atoms. The number of aryl methyl sites for hydroxylation is 2. The monoisotopic (exact) mass is 455 g/mol. The molecule has 1 fully saturated rings. The molecule has 7 nitrogen and oxygen atoms in total. The van der Waals surface area contributed by atoms with Crippen LogP contribution in [0.4, 0.5) is 11.4 Å². The van der Waals surface area contributed by atoms with E-state index in [2.05, 4.69) is 5.32 Å². The van der Waals surface area contributed by atoms with E-state index in [1.54, 1.807) is 26.0 Å². The summed E-state index contributed by atoms with van der Waals surface area (Å²) in [5.74, 6) is -0.524. The average Bonchev–Trinajstić information content (AvgIpc) is 3.34. The maximum Gasteiger partial charge on any atom is 0.244 e. The molecule has 0 atom stereocenters. The maximum absolute atomic E-state index is 13.2. The molecule has 4 rings (SSSR count). The Balaban J connectivity index is 1.62. The number of hydrogen-bond acceptors (Lipinski definition) is 4. The number of anilines is 2.